The summed E-state index contributed by atoms with van der Waals surface area (Å²) in [4.78, 5) is 30.4. The van der Waals surface area contributed by atoms with Crippen LogP contribution in [0.2, 0.25) is 0 Å². The first-order chi connectivity index (χ1) is 12.1. The molecule has 0 radical (unpaired) electrons. The molecule has 3 rings (SSSR count). The minimum Gasteiger partial charge on any atom is -0.353 e. The molecule has 1 saturated heterocycles. The second kappa shape index (κ2) is 8.25. The molecule has 2 heterocycles. The normalized spacial score (nSPS) is 15.0. The lowest BCUT2D eigenvalue weighted by Crippen LogP contribution is -2.46. The highest BCUT2D eigenvalue weighted by Gasteiger charge is 2.24. The van der Waals surface area contributed by atoms with Crippen molar-refractivity contribution in [2.45, 2.75) is 25.3 Å². The number of likely N-dealkylation sites (tertiary alicyclic amines) is 1. The van der Waals surface area contributed by atoms with E-state index < -0.39 is 0 Å². The minimum atomic E-state index is 0.00649. The SMILES string of the molecule is O=C(Cc1cccc(Br)c1)NC1CCN(C(=O)c2cccnc2)CC1. The molecule has 0 unspecified atom stereocenters. The second-order valence-corrected chi connectivity index (χ2v) is 7.10. The molecule has 0 bridgehead atoms. The Morgan fingerprint density at radius 2 is 2.00 bits per heavy atom. The van der Waals surface area contributed by atoms with Crippen LogP contribution in [-0.2, 0) is 11.2 Å². The van der Waals surface area contributed by atoms with Crippen LogP contribution in [-0.4, -0.2) is 40.8 Å². The molecule has 6 heteroatoms. The Kier molecular flexibility index (Phi) is 5.81. The van der Waals surface area contributed by atoms with Gasteiger partial charge in [-0.1, -0.05) is 28.1 Å². The standard InChI is InChI=1S/C19H20BrN3O2/c20-16-5-1-3-14(11-16)12-18(24)22-17-6-9-23(10-7-17)19(25)15-4-2-8-21-13-15/h1-5,8,11,13,17H,6-7,9-10,12H2,(H,22,24). The zero-order valence-electron chi connectivity index (χ0n) is 13.8. The van der Waals surface area contributed by atoms with E-state index in [-0.39, 0.29) is 17.9 Å². The maximum absolute atomic E-state index is 12.4. The van der Waals surface area contributed by atoms with Gasteiger partial charge in [0.05, 0.1) is 12.0 Å². The van der Waals surface area contributed by atoms with Crippen LogP contribution in [0.5, 0.6) is 0 Å². The number of piperidine rings is 1. The van der Waals surface area contributed by atoms with Crippen molar-refractivity contribution in [3.63, 3.8) is 0 Å². The van der Waals surface area contributed by atoms with Crippen molar-refractivity contribution in [1.29, 1.82) is 0 Å². The van der Waals surface area contributed by atoms with Crippen molar-refractivity contribution in [3.8, 4) is 0 Å². The fourth-order valence-electron chi connectivity index (χ4n) is 3.01. The second-order valence-electron chi connectivity index (χ2n) is 6.18. The van der Waals surface area contributed by atoms with E-state index >= 15 is 0 Å². The monoisotopic (exact) mass is 401 g/mol. The average Bonchev–Trinajstić information content (AvgIpc) is 2.62. The van der Waals surface area contributed by atoms with Crippen molar-refractivity contribution >= 4 is 27.7 Å². The molecule has 130 valence electrons. The number of aromatic nitrogens is 1. The van der Waals surface area contributed by atoms with Crippen LogP contribution in [0.25, 0.3) is 0 Å². The summed E-state index contributed by atoms with van der Waals surface area (Å²) in [5.41, 5.74) is 1.59. The topological polar surface area (TPSA) is 62.3 Å². The predicted octanol–water partition coefficient (Wildman–Crippen LogP) is 2.81. The first-order valence-electron chi connectivity index (χ1n) is 8.35. The number of halogens is 1. The van der Waals surface area contributed by atoms with Crippen molar-refractivity contribution in [2.75, 3.05) is 13.1 Å². The van der Waals surface area contributed by atoms with E-state index in [9.17, 15) is 9.59 Å². The fraction of sp³-hybridized carbons (Fsp3) is 0.316. The Morgan fingerprint density at radius 3 is 2.68 bits per heavy atom. The van der Waals surface area contributed by atoms with Gasteiger partial charge in [0.15, 0.2) is 0 Å². The zero-order chi connectivity index (χ0) is 17.6. The molecule has 25 heavy (non-hydrogen) atoms. The number of hydrogen-bond donors (Lipinski definition) is 1. The van der Waals surface area contributed by atoms with Gasteiger partial charge in [0, 0.05) is 36.0 Å². The van der Waals surface area contributed by atoms with Gasteiger partial charge in [-0.05, 0) is 42.7 Å². The first kappa shape index (κ1) is 17.6. The number of rotatable bonds is 4. The highest BCUT2D eigenvalue weighted by Crippen LogP contribution is 2.15. The third-order valence-electron chi connectivity index (χ3n) is 4.31. The lowest BCUT2D eigenvalue weighted by atomic mass is 10.0. The minimum absolute atomic E-state index is 0.00649. The van der Waals surface area contributed by atoms with Gasteiger partial charge in [-0.25, -0.2) is 0 Å². The highest BCUT2D eigenvalue weighted by molar-refractivity contribution is 9.10. The number of nitrogens with zero attached hydrogens (tertiary/aromatic N) is 2. The van der Waals surface area contributed by atoms with E-state index in [1.54, 1.807) is 24.5 Å². The highest BCUT2D eigenvalue weighted by atomic mass is 79.9. The largest absolute Gasteiger partial charge is 0.353 e. The Morgan fingerprint density at radius 1 is 1.20 bits per heavy atom. The van der Waals surface area contributed by atoms with E-state index in [1.807, 2.05) is 29.2 Å². The molecule has 1 fully saturated rings. The van der Waals surface area contributed by atoms with Gasteiger partial charge >= 0.3 is 0 Å². The van der Waals surface area contributed by atoms with Crippen molar-refractivity contribution in [3.05, 3.63) is 64.4 Å². The zero-order valence-corrected chi connectivity index (χ0v) is 15.4. The molecule has 5 nitrogen and oxygen atoms in total. The Labute approximate surface area is 155 Å². The number of carbonyl (C=O) groups excluding carboxylic acids is 2. The van der Waals surface area contributed by atoms with Gasteiger partial charge in [0.1, 0.15) is 0 Å². The molecular formula is C19H20BrN3O2. The molecule has 1 aliphatic heterocycles. The summed E-state index contributed by atoms with van der Waals surface area (Å²) in [6.07, 6.45) is 5.17. The molecule has 0 saturated carbocycles. The molecule has 0 spiro atoms. The molecule has 2 aromatic rings. The van der Waals surface area contributed by atoms with Crippen LogP contribution in [0.15, 0.2) is 53.3 Å². The number of hydrogen-bond acceptors (Lipinski definition) is 3. The van der Waals surface area contributed by atoms with Gasteiger partial charge in [0.2, 0.25) is 5.91 Å². The van der Waals surface area contributed by atoms with Crippen LogP contribution in [0, 0.1) is 0 Å². The summed E-state index contributed by atoms with van der Waals surface area (Å²) in [5, 5.41) is 3.08. The average molecular weight is 402 g/mol. The molecule has 2 amide bonds. The Balaban J connectivity index is 1.47. The van der Waals surface area contributed by atoms with E-state index in [2.05, 4.69) is 26.2 Å². The number of pyridine rings is 1. The summed E-state index contributed by atoms with van der Waals surface area (Å²) in [7, 11) is 0. The number of carbonyl (C=O) groups is 2. The molecule has 1 aromatic carbocycles. The molecule has 1 N–H and O–H groups in total. The maximum atomic E-state index is 12.4. The lowest BCUT2D eigenvalue weighted by Gasteiger charge is -2.32. The summed E-state index contributed by atoms with van der Waals surface area (Å²) >= 11 is 3.42. The van der Waals surface area contributed by atoms with E-state index in [0.717, 1.165) is 22.9 Å². The van der Waals surface area contributed by atoms with Gasteiger partial charge in [-0.2, -0.15) is 0 Å². The fourth-order valence-corrected chi connectivity index (χ4v) is 3.46. The van der Waals surface area contributed by atoms with Crippen molar-refractivity contribution in [2.24, 2.45) is 0 Å². The van der Waals surface area contributed by atoms with Crippen molar-refractivity contribution in [1.82, 2.24) is 15.2 Å². The van der Waals surface area contributed by atoms with Crippen LogP contribution >= 0.6 is 15.9 Å². The molecule has 1 aliphatic rings. The molecule has 0 aliphatic carbocycles. The summed E-state index contributed by atoms with van der Waals surface area (Å²) in [5.74, 6) is 0.0298. The Bertz CT molecular complexity index is 743. The van der Waals surface area contributed by atoms with Gasteiger partial charge < -0.3 is 10.2 Å². The van der Waals surface area contributed by atoms with Gasteiger partial charge in [-0.3, -0.25) is 14.6 Å². The summed E-state index contributed by atoms with van der Waals surface area (Å²) < 4.78 is 0.972. The molecule has 0 atom stereocenters. The van der Waals surface area contributed by atoms with Gasteiger partial charge in [0.25, 0.3) is 5.91 Å². The smallest absolute Gasteiger partial charge is 0.255 e. The lowest BCUT2D eigenvalue weighted by molar-refractivity contribution is -0.121. The third kappa shape index (κ3) is 4.89. The molecular weight excluding hydrogens is 382 g/mol. The first-order valence-corrected chi connectivity index (χ1v) is 9.14. The van der Waals surface area contributed by atoms with Crippen LogP contribution in [0.1, 0.15) is 28.8 Å². The number of amides is 2. The quantitative estimate of drug-likeness (QED) is 0.856. The van der Waals surface area contributed by atoms with Crippen molar-refractivity contribution < 1.29 is 9.59 Å². The molecule has 1 aromatic heterocycles. The maximum Gasteiger partial charge on any atom is 0.255 e. The predicted molar refractivity (Wildman–Crippen MR) is 99.2 cm³/mol. The number of benzene rings is 1. The number of nitrogens with one attached hydrogen (secondary N) is 1. The third-order valence-corrected chi connectivity index (χ3v) is 4.80. The summed E-state index contributed by atoms with van der Waals surface area (Å²) in [6, 6.07) is 11.4. The Hall–Kier alpha value is -2.21. The van der Waals surface area contributed by atoms with Gasteiger partial charge in [-0.15, -0.1) is 0 Å². The van der Waals surface area contributed by atoms with E-state index in [0.29, 0.717) is 25.1 Å². The summed E-state index contributed by atoms with van der Waals surface area (Å²) in [6.45, 7) is 1.30. The van der Waals surface area contributed by atoms with E-state index in [4.69, 9.17) is 0 Å². The van der Waals surface area contributed by atoms with Crippen LogP contribution in [0.4, 0.5) is 0 Å². The van der Waals surface area contributed by atoms with Crippen LogP contribution < -0.4 is 5.32 Å². The van der Waals surface area contributed by atoms with Crippen LogP contribution in [0.3, 0.4) is 0 Å². The van der Waals surface area contributed by atoms with E-state index in [1.165, 1.54) is 0 Å².